The summed E-state index contributed by atoms with van der Waals surface area (Å²) in [5.41, 5.74) is 1.20. The number of hydrogen-bond acceptors (Lipinski definition) is 3. The molecule has 120 valence electrons. The molecule has 0 saturated heterocycles. The summed E-state index contributed by atoms with van der Waals surface area (Å²) in [6.45, 7) is 2.78. The van der Waals surface area contributed by atoms with Crippen molar-refractivity contribution in [3.05, 3.63) is 57.5 Å². The normalized spacial score (nSPS) is 17.5. The van der Waals surface area contributed by atoms with Gasteiger partial charge in [-0.2, -0.15) is 0 Å². The van der Waals surface area contributed by atoms with Gasteiger partial charge in [-0.1, -0.05) is 18.5 Å². The van der Waals surface area contributed by atoms with E-state index in [9.17, 15) is 9.59 Å². The first-order chi connectivity index (χ1) is 11.0. The smallest absolute Gasteiger partial charge is 0.259 e. The van der Waals surface area contributed by atoms with Crippen molar-refractivity contribution in [3.8, 4) is 0 Å². The maximum atomic E-state index is 13.0. The number of carbonyl (C=O) groups is 1. The number of amides is 1. The molecule has 1 aromatic heterocycles. The standard InChI is InChI=1S/C17H17ClN2O2S/c1-11-7-8-20(14-9-13(18)4-5-15(14)23-11)17(22)12-3-6-16(21)19(2)10-12/h3-6,9-11H,7-8H2,1-2H3/t11-/m0/s1. The molecule has 2 aromatic rings. The summed E-state index contributed by atoms with van der Waals surface area (Å²) in [5.74, 6) is -0.112. The lowest BCUT2D eigenvalue weighted by Gasteiger charge is -2.23. The van der Waals surface area contributed by atoms with Gasteiger partial charge in [0.1, 0.15) is 0 Å². The van der Waals surface area contributed by atoms with E-state index in [1.54, 1.807) is 36.0 Å². The molecule has 0 unspecified atom stereocenters. The molecule has 0 bridgehead atoms. The van der Waals surface area contributed by atoms with Gasteiger partial charge in [-0.15, -0.1) is 11.8 Å². The first kappa shape index (κ1) is 16.1. The number of pyridine rings is 1. The third kappa shape index (κ3) is 3.31. The Hall–Kier alpha value is -1.72. The fourth-order valence-corrected chi connectivity index (χ4v) is 3.85. The Bertz CT molecular complexity index is 818. The lowest BCUT2D eigenvalue weighted by molar-refractivity contribution is 0.0985. The van der Waals surface area contributed by atoms with Gasteiger partial charge in [-0.3, -0.25) is 9.59 Å². The second kappa shape index (κ2) is 6.42. The van der Waals surface area contributed by atoms with E-state index in [0.717, 1.165) is 17.0 Å². The zero-order valence-electron chi connectivity index (χ0n) is 13.0. The Labute approximate surface area is 144 Å². The molecular formula is C17H17ClN2O2S. The molecule has 0 saturated carbocycles. The quantitative estimate of drug-likeness (QED) is 0.791. The van der Waals surface area contributed by atoms with Gasteiger partial charge in [0, 0.05) is 41.0 Å². The molecule has 0 radical (unpaired) electrons. The summed E-state index contributed by atoms with van der Waals surface area (Å²) in [4.78, 5) is 27.3. The van der Waals surface area contributed by atoms with Crippen LogP contribution in [0.5, 0.6) is 0 Å². The number of benzene rings is 1. The van der Waals surface area contributed by atoms with Gasteiger partial charge in [-0.25, -0.2) is 0 Å². The Kier molecular flexibility index (Phi) is 4.50. The molecule has 6 heteroatoms. The average molecular weight is 349 g/mol. The molecule has 23 heavy (non-hydrogen) atoms. The van der Waals surface area contributed by atoms with Crippen LogP contribution in [0.1, 0.15) is 23.7 Å². The number of fused-ring (bicyclic) bond motifs is 1. The summed E-state index contributed by atoms with van der Waals surface area (Å²) in [7, 11) is 1.64. The van der Waals surface area contributed by atoms with Crippen molar-refractivity contribution in [2.45, 2.75) is 23.5 Å². The van der Waals surface area contributed by atoms with Crippen LogP contribution in [0.25, 0.3) is 0 Å². The van der Waals surface area contributed by atoms with Crippen molar-refractivity contribution in [1.29, 1.82) is 0 Å². The number of thioether (sulfide) groups is 1. The van der Waals surface area contributed by atoms with Crippen molar-refractivity contribution in [2.75, 3.05) is 11.4 Å². The van der Waals surface area contributed by atoms with Crippen LogP contribution < -0.4 is 10.5 Å². The Balaban J connectivity index is 2.04. The number of carbonyl (C=O) groups excluding carboxylic acids is 1. The highest BCUT2D eigenvalue weighted by atomic mass is 35.5. The zero-order valence-corrected chi connectivity index (χ0v) is 14.5. The van der Waals surface area contributed by atoms with E-state index < -0.39 is 0 Å². The summed E-state index contributed by atoms with van der Waals surface area (Å²) >= 11 is 7.89. The van der Waals surface area contributed by atoms with Crippen LogP contribution in [0.3, 0.4) is 0 Å². The van der Waals surface area contributed by atoms with Crippen molar-refractivity contribution in [3.63, 3.8) is 0 Å². The number of aryl methyl sites for hydroxylation is 1. The molecule has 4 nitrogen and oxygen atoms in total. The lowest BCUT2D eigenvalue weighted by atomic mass is 10.2. The van der Waals surface area contributed by atoms with Crippen LogP contribution in [0.4, 0.5) is 5.69 Å². The minimum Gasteiger partial charge on any atom is -0.318 e. The van der Waals surface area contributed by atoms with E-state index >= 15 is 0 Å². The summed E-state index contributed by atoms with van der Waals surface area (Å²) in [5, 5.41) is 1.03. The number of rotatable bonds is 1. The number of aromatic nitrogens is 1. The van der Waals surface area contributed by atoms with Crippen LogP contribution >= 0.6 is 23.4 Å². The molecule has 1 amide bonds. The predicted molar refractivity (Wildman–Crippen MR) is 94.7 cm³/mol. The van der Waals surface area contributed by atoms with Crippen molar-refractivity contribution < 1.29 is 4.79 Å². The number of hydrogen-bond donors (Lipinski definition) is 0. The molecule has 1 aromatic carbocycles. The van der Waals surface area contributed by atoms with Gasteiger partial charge in [0.15, 0.2) is 0 Å². The molecular weight excluding hydrogens is 332 g/mol. The fraction of sp³-hybridized carbons (Fsp3) is 0.294. The molecule has 1 aliphatic heterocycles. The lowest BCUT2D eigenvalue weighted by Crippen LogP contribution is -2.33. The SMILES string of the molecule is C[C@H]1CCN(C(=O)c2ccc(=O)n(C)c2)c2cc(Cl)ccc2S1. The zero-order chi connectivity index (χ0) is 16.6. The minimum atomic E-state index is -0.134. The van der Waals surface area contributed by atoms with E-state index in [-0.39, 0.29) is 11.5 Å². The third-order valence-electron chi connectivity index (χ3n) is 3.88. The first-order valence-corrected chi connectivity index (χ1v) is 8.66. The van der Waals surface area contributed by atoms with Gasteiger partial charge in [0.05, 0.1) is 11.3 Å². The summed E-state index contributed by atoms with van der Waals surface area (Å²) < 4.78 is 1.42. The highest BCUT2D eigenvalue weighted by Gasteiger charge is 2.25. The molecule has 0 N–H and O–H groups in total. The van der Waals surface area contributed by atoms with Gasteiger partial charge in [0.25, 0.3) is 5.91 Å². The summed E-state index contributed by atoms with van der Waals surface area (Å²) in [6, 6.07) is 8.64. The predicted octanol–water partition coefficient (Wildman–Crippen LogP) is 3.57. The molecule has 1 atom stereocenters. The maximum Gasteiger partial charge on any atom is 0.259 e. The number of anilines is 1. The first-order valence-electron chi connectivity index (χ1n) is 7.40. The Morgan fingerprint density at radius 1 is 1.30 bits per heavy atom. The highest BCUT2D eigenvalue weighted by Crippen LogP contribution is 2.39. The van der Waals surface area contributed by atoms with E-state index in [4.69, 9.17) is 11.6 Å². The molecule has 0 spiro atoms. The van der Waals surface area contributed by atoms with Crippen LogP contribution in [-0.4, -0.2) is 22.3 Å². The van der Waals surface area contributed by atoms with Crippen LogP contribution in [-0.2, 0) is 7.05 Å². The van der Waals surface area contributed by atoms with Crippen molar-refractivity contribution in [1.82, 2.24) is 4.57 Å². The maximum absolute atomic E-state index is 13.0. The van der Waals surface area contributed by atoms with Crippen LogP contribution in [0, 0.1) is 0 Å². The van der Waals surface area contributed by atoms with Gasteiger partial charge in [0.2, 0.25) is 5.56 Å². The van der Waals surface area contributed by atoms with Crippen LogP contribution in [0.2, 0.25) is 5.02 Å². The number of halogens is 1. The summed E-state index contributed by atoms with van der Waals surface area (Å²) in [6.07, 6.45) is 2.48. The second-order valence-corrected chi connectivity index (χ2v) is 7.57. The van der Waals surface area contributed by atoms with Crippen LogP contribution in [0.15, 0.2) is 46.2 Å². The van der Waals surface area contributed by atoms with E-state index in [1.165, 1.54) is 10.6 Å². The molecule has 0 aliphatic carbocycles. The topological polar surface area (TPSA) is 42.3 Å². The highest BCUT2D eigenvalue weighted by molar-refractivity contribution is 8.00. The third-order valence-corrected chi connectivity index (χ3v) is 5.35. The van der Waals surface area contributed by atoms with Gasteiger partial charge in [-0.05, 0) is 30.7 Å². The molecule has 3 rings (SSSR count). The number of nitrogens with zero attached hydrogens (tertiary/aromatic N) is 2. The van der Waals surface area contributed by atoms with E-state index in [0.29, 0.717) is 22.4 Å². The van der Waals surface area contributed by atoms with E-state index in [1.807, 2.05) is 18.2 Å². The second-order valence-electron chi connectivity index (χ2n) is 5.65. The fourth-order valence-electron chi connectivity index (χ4n) is 2.60. The van der Waals surface area contributed by atoms with E-state index in [2.05, 4.69) is 6.92 Å². The van der Waals surface area contributed by atoms with Crippen molar-refractivity contribution in [2.24, 2.45) is 7.05 Å². The Morgan fingerprint density at radius 3 is 2.83 bits per heavy atom. The van der Waals surface area contributed by atoms with Gasteiger partial charge < -0.3 is 9.47 Å². The minimum absolute atomic E-state index is 0.112. The molecule has 1 aliphatic rings. The van der Waals surface area contributed by atoms with Crippen molar-refractivity contribution >= 4 is 35.0 Å². The largest absolute Gasteiger partial charge is 0.318 e. The molecule has 2 heterocycles. The Morgan fingerprint density at radius 2 is 2.09 bits per heavy atom. The average Bonchev–Trinajstić information content (AvgIpc) is 2.67. The van der Waals surface area contributed by atoms with Gasteiger partial charge >= 0.3 is 0 Å². The monoisotopic (exact) mass is 348 g/mol. The molecule has 0 fully saturated rings.